The van der Waals surface area contributed by atoms with E-state index >= 15 is 0 Å². The van der Waals surface area contributed by atoms with Crippen LogP contribution >= 0.6 is 0 Å². The predicted octanol–water partition coefficient (Wildman–Crippen LogP) is 7.53. The third-order valence-electron chi connectivity index (χ3n) is 12.6. The molecule has 0 aliphatic heterocycles. The van der Waals surface area contributed by atoms with Gasteiger partial charge >= 0.3 is 0 Å². The monoisotopic (exact) mass is 478 g/mol. The van der Waals surface area contributed by atoms with E-state index in [0.717, 1.165) is 41.7 Å². The van der Waals surface area contributed by atoms with Crippen molar-refractivity contribution in [3.05, 3.63) is 35.9 Å². The lowest BCUT2D eigenvalue weighted by molar-refractivity contribution is -0.123. The number of hydrogen-bond donors (Lipinski definition) is 0. The van der Waals surface area contributed by atoms with Gasteiger partial charge in [-0.3, -0.25) is 0 Å². The van der Waals surface area contributed by atoms with Gasteiger partial charge in [0.2, 0.25) is 0 Å². The highest BCUT2D eigenvalue weighted by molar-refractivity contribution is 5.15. The van der Waals surface area contributed by atoms with Crippen molar-refractivity contribution in [3.8, 4) is 0 Å². The third kappa shape index (κ3) is 4.65. The molecule has 4 fully saturated rings. The zero-order chi connectivity index (χ0) is 24.8. The van der Waals surface area contributed by atoms with Gasteiger partial charge < -0.3 is 9.80 Å². The summed E-state index contributed by atoms with van der Waals surface area (Å²) >= 11 is 0. The van der Waals surface area contributed by atoms with E-state index in [0.29, 0.717) is 10.8 Å². The average molecular weight is 479 g/mol. The number of benzene rings is 1. The maximum absolute atomic E-state index is 2.75. The van der Waals surface area contributed by atoms with E-state index in [1.165, 1.54) is 82.7 Å². The van der Waals surface area contributed by atoms with Crippen LogP contribution in [-0.4, -0.2) is 49.6 Å². The highest BCUT2D eigenvalue weighted by Crippen LogP contribution is 2.68. The maximum Gasteiger partial charge on any atom is 0.00952 e. The molecule has 2 heteroatoms. The van der Waals surface area contributed by atoms with Crippen molar-refractivity contribution in [3.63, 3.8) is 0 Å². The molecule has 9 atom stereocenters. The van der Waals surface area contributed by atoms with Crippen molar-refractivity contribution >= 4 is 0 Å². The van der Waals surface area contributed by atoms with Gasteiger partial charge in [0.05, 0.1) is 0 Å². The van der Waals surface area contributed by atoms with Crippen molar-refractivity contribution < 1.29 is 0 Å². The summed E-state index contributed by atoms with van der Waals surface area (Å²) in [7, 11) is 7.02. The fraction of sp³-hybridized carbons (Fsp3) is 0.818. The summed E-state index contributed by atoms with van der Waals surface area (Å²) in [6.07, 6.45) is 15.9. The van der Waals surface area contributed by atoms with Crippen molar-refractivity contribution in [2.45, 2.75) is 103 Å². The Bertz CT molecular complexity index is 835. The van der Waals surface area contributed by atoms with Crippen LogP contribution < -0.4 is 0 Å². The van der Waals surface area contributed by atoms with Crippen LogP contribution in [0.15, 0.2) is 30.3 Å². The molecule has 0 N–H and O–H groups in total. The molecule has 0 amide bonds. The molecule has 4 saturated carbocycles. The van der Waals surface area contributed by atoms with Crippen molar-refractivity contribution in [2.24, 2.45) is 40.4 Å². The first-order valence-corrected chi connectivity index (χ1v) is 15.1. The number of fused-ring (bicyclic) bond motifs is 5. The predicted molar refractivity (Wildman–Crippen MR) is 150 cm³/mol. The zero-order valence-electron chi connectivity index (χ0n) is 23.8. The highest BCUT2D eigenvalue weighted by atomic mass is 15.1. The molecule has 2 nitrogen and oxygen atoms in total. The zero-order valence-corrected chi connectivity index (χ0v) is 23.8. The van der Waals surface area contributed by atoms with Gasteiger partial charge in [-0.05, 0) is 151 Å². The van der Waals surface area contributed by atoms with Gasteiger partial charge in [0.1, 0.15) is 0 Å². The molecule has 4 aliphatic rings. The molecule has 0 saturated heterocycles. The quantitative estimate of drug-likeness (QED) is 0.399. The van der Waals surface area contributed by atoms with E-state index in [2.05, 4.69) is 82.0 Å². The number of hydrogen-bond acceptors (Lipinski definition) is 2. The fourth-order valence-corrected chi connectivity index (χ4v) is 10.2. The van der Waals surface area contributed by atoms with Crippen molar-refractivity contribution in [1.82, 2.24) is 9.80 Å². The first-order valence-electron chi connectivity index (χ1n) is 15.1. The minimum absolute atomic E-state index is 0.588. The van der Waals surface area contributed by atoms with Gasteiger partial charge in [-0.25, -0.2) is 0 Å². The second kappa shape index (κ2) is 10.1. The van der Waals surface area contributed by atoms with E-state index in [4.69, 9.17) is 0 Å². The number of rotatable bonds is 7. The van der Waals surface area contributed by atoms with Gasteiger partial charge in [0.15, 0.2) is 0 Å². The Morgan fingerprint density at radius 3 is 2.31 bits per heavy atom. The average Bonchev–Trinajstić information content (AvgIpc) is 3.20. The largest absolute Gasteiger partial charge is 0.306 e. The van der Waals surface area contributed by atoms with Crippen LogP contribution in [-0.2, 0) is 6.42 Å². The third-order valence-corrected chi connectivity index (χ3v) is 12.6. The summed E-state index contributed by atoms with van der Waals surface area (Å²) < 4.78 is 0. The molecule has 4 aliphatic carbocycles. The van der Waals surface area contributed by atoms with E-state index in [1.54, 1.807) is 0 Å². The SMILES string of the molecule is CC(C1CCC2C3CCC4CC(N(C)CCCc5ccccc5)CCC4(C)C3CCC21C)N(C)C. The standard InChI is InChI=1S/C33H54N2/c1-24(34(4)5)29-16-17-30-28-15-14-26-23-27(35(6)22-10-13-25-11-8-7-9-12-25)18-20-32(26,2)31(28)19-21-33(29,30)3/h7-9,11-12,24,26-31H,10,13-23H2,1-6H3. The van der Waals surface area contributed by atoms with E-state index in [9.17, 15) is 0 Å². The minimum atomic E-state index is 0.588. The van der Waals surface area contributed by atoms with Gasteiger partial charge in [-0.2, -0.15) is 0 Å². The summed E-state index contributed by atoms with van der Waals surface area (Å²) in [5, 5.41) is 0. The number of nitrogens with zero attached hydrogens (tertiary/aromatic N) is 2. The highest BCUT2D eigenvalue weighted by Gasteiger charge is 2.60. The Labute approximate surface area is 217 Å². The Balaban J connectivity index is 1.20. The van der Waals surface area contributed by atoms with Crippen molar-refractivity contribution in [1.29, 1.82) is 0 Å². The molecule has 1 aromatic carbocycles. The van der Waals surface area contributed by atoms with Gasteiger partial charge in [-0.1, -0.05) is 44.2 Å². The maximum atomic E-state index is 2.75. The van der Waals surface area contributed by atoms with Crippen LogP contribution in [0.3, 0.4) is 0 Å². The van der Waals surface area contributed by atoms with E-state index in [1.807, 2.05) is 0 Å². The lowest BCUT2D eigenvalue weighted by Gasteiger charge is -2.62. The van der Waals surface area contributed by atoms with Crippen LogP contribution in [0.2, 0.25) is 0 Å². The van der Waals surface area contributed by atoms with E-state index in [-0.39, 0.29) is 0 Å². The molecule has 0 bridgehead atoms. The van der Waals surface area contributed by atoms with Crippen LogP contribution in [0.1, 0.15) is 90.5 Å². The molecule has 0 heterocycles. The molecule has 9 unspecified atom stereocenters. The lowest BCUT2D eigenvalue weighted by Crippen LogP contribution is -2.56. The molecule has 0 radical (unpaired) electrons. The van der Waals surface area contributed by atoms with Gasteiger partial charge in [0.25, 0.3) is 0 Å². The Hall–Kier alpha value is -0.860. The first-order chi connectivity index (χ1) is 16.7. The summed E-state index contributed by atoms with van der Waals surface area (Å²) in [4.78, 5) is 5.23. The smallest absolute Gasteiger partial charge is 0.00952 e. The fourth-order valence-electron chi connectivity index (χ4n) is 10.2. The molecule has 35 heavy (non-hydrogen) atoms. The second-order valence-corrected chi connectivity index (χ2v) is 14.1. The summed E-state index contributed by atoms with van der Waals surface area (Å²) in [6.45, 7) is 9.21. The van der Waals surface area contributed by atoms with E-state index < -0.39 is 0 Å². The Morgan fingerprint density at radius 2 is 1.57 bits per heavy atom. The topological polar surface area (TPSA) is 6.48 Å². The lowest BCUT2D eigenvalue weighted by atomic mass is 9.44. The van der Waals surface area contributed by atoms with Gasteiger partial charge in [-0.15, -0.1) is 0 Å². The minimum Gasteiger partial charge on any atom is -0.306 e. The Morgan fingerprint density at radius 1 is 0.857 bits per heavy atom. The van der Waals surface area contributed by atoms with Crippen LogP contribution in [0, 0.1) is 40.4 Å². The molecule has 196 valence electrons. The number of aryl methyl sites for hydroxylation is 1. The molecule has 1 aromatic rings. The van der Waals surface area contributed by atoms with Crippen molar-refractivity contribution in [2.75, 3.05) is 27.7 Å². The summed E-state index contributed by atoms with van der Waals surface area (Å²) in [5.41, 5.74) is 2.69. The Kier molecular flexibility index (Phi) is 7.46. The summed E-state index contributed by atoms with van der Waals surface area (Å²) in [5.74, 6) is 4.85. The second-order valence-electron chi connectivity index (χ2n) is 14.1. The first kappa shape index (κ1) is 25.8. The van der Waals surface area contributed by atoms with Crippen LogP contribution in [0.25, 0.3) is 0 Å². The molecule has 0 aromatic heterocycles. The molecule has 0 spiro atoms. The normalized spacial score (nSPS) is 41.9. The van der Waals surface area contributed by atoms with Crippen LogP contribution in [0.5, 0.6) is 0 Å². The molecule has 5 rings (SSSR count). The summed E-state index contributed by atoms with van der Waals surface area (Å²) in [6, 6.07) is 12.6. The molecular weight excluding hydrogens is 424 g/mol. The van der Waals surface area contributed by atoms with Crippen LogP contribution in [0.4, 0.5) is 0 Å². The van der Waals surface area contributed by atoms with Gasteiger partial charge in [0, 0.05) is 12.1 Å². The molecular formula is C33H54N2.